The molecular weight excluding hydrogens is 200 g/mol. The Morgan fingerprint density at radius 3 is 2.27 bits per heavy atom. The highest BCUT2D eigenvalue weighted by atomic mass is 32.2. The molecule has 15 heavy (non-hydrogen) atoms. The third-order valence-electron chi connectivity index (χ3n) is 1.75. The molecule has 0 aliphatic rings. The van der Waals surface area contributed by atoms with Crippen LogP contribution in [0.2, 0.25) is 0 Å². The molecule has 0 aliphatic carbocycles. The van der Waals surface area contributed by atoms with E-state index in [9.17, 15) is 0 Å². The van der Waals surface area contributed by atoms with Crippen LogP contribution in [0.15, 0.2) is 58.9 Å². The number of thioether (sulfide) groups is 1. The summed E-state index contributed by atoms with van der Waals surface area (Å²) in [6, 6.07) is 0. The van der Waals surface area contributed by atoms with Gasteiger partial charge in [0, 0.05) is 0 Å². The first-order valence-electron chi connectivity index (χ1n) is 5.03. The Labute approximate surface area is 98.2 Å². The fourth-order valence-corrected chi connectivity index (χ4v) is 1.92. The average molecular weight is 220 g/mol. The number of hydrogen-bond donors (Lipinski definition) is 0. The standard InChI is InChI=1S/C14H20S/c1-6-8-9-11-13(5)15-14(10-7-2)12(3)4/h6-9,11H,1-2,10H2,3-5H3/b9-8-,13-11+. The molecule has 1 heteroatoms. The molecule has 0 fully saturated rings. The van der Waals surface area contributed by atoms with Crippen LogP contribution in [0.4, 0.5) is 0 Å². The lowest BCUT2D eigenvalue weighted by Crippen LogP contribution is -1.79. The molecule has 0 N–H and O–H groups in total. The minimum Gasteiger partial charge on any atom is -0.103 e. The highest BCUT2D eigenvalue weighted by Crippen LogP contribution is 2.30. The lowest BCUT2D eigenvalue weighted by atomic mass is 10.2. The fourth-order valence-electron chi connectivity index (χ4n) is 0.977. The minimum absolute atomic E-state index is 0.948. The third-order valence-corrected chi connectivity index (χ3v) is 3.03. The zero-order chi connectivity index (χ0) is 11.7. The van der Waals surface area contributed by atoms with E-state index in [0.29, 0.717) is 0 Å². The van der Waals surface area contributed by atoms with Gasteiger partial charge in [-0.3, -0.25) is 0 Å². The predicted octanol–water partition coefficient (Wildman–Crippen LogP) is 5.24. The van der Waals surface area contributed by atoms with Crippen molar-refractivity contribution in [1.82, 2.24) is 0 Å². The zero-order valence-electron chi connectivity index (χ0n) is 9.92. The molecule has 0 radical (unpaired) electrons. The van der Waals surface area contributed by atoms with Crippen LogP contribution in [-0.4, -0.2) is 0 Å². The van der Waals surface area contributed by atoms with Crippen LogP contribution >= 0.6 is 11.8 Å². The number of rotatable bonds is 6. The van der Waals surface area contributed by atoms with E-state index >= 15 is 0 Å². The van der Waals surface area contributed by atoms with Crippen molar-refractivity contribution in [3.05, 3.63) is 58.9 Å². The maximum absolute atomic E-state index is 3.77. The van der Waals surface area contributed by atoms with Gasteiger partial charge in [-0.15, -0.1) is 6.58 Å². The van der Waals surface area contributed by atoms with Crippen molar-refractivity contribution in [2.75, 3.05) is 0 Å². The fraction of sp³-hybridized carbons (Fsp3) is 0.286. The van der Waals surface area contributed by atoms with E-state index in [0.717, 1.165) is 6.42 Å². The second-order valence-electron chi connectivity index (χ2n) is 3.42. The molecule has 0 aromatic heterocycles. The van der Waals surface area contributed by atoms with Crippen LogP contribution in [0.1, 0.15) is 27.2 Å². The summed E-state index contributed by atoms with van der Waals surface area (Å²) in [6.45, 7) is 13.8. The molecule has 0 atom stereocenters. The van der Waals surface area contributed by atoms with Gasteiger partial charge in [0.2, 0.25) is 0 Å². The van der Waals surface area contributed by atoms with Gasteiger partial charge in [-0.05, 0) is 37.0 Å². The van der Waals surface area contributed by atoms with E-state index in [1.165, 1.54) is 15.4 Å². The number of hydrogen-bond acceptors (Lipinski definition) is 1. The first-order chi connectivity index (χ1) is 7.11. The van der Waals surface area contributed by atoms with Crippen LogP contribution in [0.3, 0.4) is 0 Å². The monoisotopic (exact) mass is 220 g/mol. The van der Waals surface area contributed by atoms with Gasteiger partial charge in [-0.25, -0.2) is 0 Å². The SMILES string of the molecule is C=C/C=C\C=C(/C)SC(CC=C)=C(C)C. The summed E-state index contributed by atoms with van der Waals surface area (Å²) in [4.78, 5) is 2.66. The second-order valence-corrected chi connectivity index (χ2v) is 4.76. The summed E-state index contributed by atoms with van der Waals surface area (Å²) in [5.74, 6) is 0. The molecule has 0 aromatic rings. The number of allylic oxidation sites excluding steroid dienone is 8. The largest absolute Gasteiger partial charge is 0.103 e. The van der Waals surface area contributed by atoms with Crippen molar-refractivity contribution in [3.8, 4) is 0 Å². The Morgan fingerprint density at radius 2 is 1.80 bits per heavy atom. The van der Waals surface area contributed by atoms with Crippen LogP contribution in [0.5, 0.6) is 0 Å². The van der Waals surface area contributed by atoms with Gasteiger partial charge in [-0.1, -0.05) is 54.3 Å². The van der Waals surface area contributed by atoms with Crippen molar-refractivity contribution in [1.29, 1.82) is 0 Å². The lowest BCUT2D eigenvalue weighted by molar-refractivity contribution is 1.25. The summed E-state index contributed by atoms with van der Waals surface area (Å²) in [7, 11) is 0. The van der Waals surface area contributed by atoms with Crippen molar-refractivity contribution in [2.24, 2.45) is 0 Å². The van der Waals surface area contributed by atoms with Gasteiger partial charge in [0.1, 0.15) is 0 Å². The van der Waals surface area contributed by atoms with Crippen LogP contribution in [-0.2, 0) is 0 Å². The van der Waals surface area contributed by atoms with E-state index in [1.54, 1.807) is 6.08 Å². The zero-order valence-corrected chi connectivity index (χ0v) is 10.7. The smallest absolute Gasteiger partial charge is 0.00372 e. The predicted molar refractivity (Wildman–Crippen MR) is 73.9 cm³/mol. The second kappa shape index (κ2) is 8.37. The lowest BCUT2D eigenvalue weighted by Gasteiger charge is -2.06. The maximum atomic E-state index is 3.77. The van der Waals surface area contributed by atoms with Crippen LogP contribution in [0.25, 0.3) is 0 Å². The molecule has 0 heterocycles. The van der Waals surface area contributed by atoms with Crippen molar-refractivity contribution in [3.63, 3.8) is 0 Å². The molecule has 0 aliphatic heterocycles. The van der Waals surface area contributed by atoms with E-state index < -0.39 is 0 Å². The molecular formula is C14H20S. The summed E-state index contributed by atoms with van der Waals surface area (Å²) in [5.41, 5.74) is 1.36. The molecule has 0 unspecified atom stereocenters. The molecule has 0 amide bonds. The Bertz CT molecular complexity index is 299. The van der Waals surface area contributed by atoms with Crippen LogP contribution < -0.4 is 0 Å². The summed E-state index contributed by atoms with van der Waals surface area (Å²) < 4.78 is 0. The van der Waals surface area contributed by atoms with Crippen LogP contribution in [0, 0.1) is 0 Å². The van der Waals surface area contributed by atoms with Crippen molar-refractivity contribution >= 4 is 11.8 Å². The van der Waals surface area contributed by atoms with Gasteiger partial charge < -0.3 is 0 Å². The average Bonchev–Trinajstić information content (AvgIpc) is 2.17. The summed E-state index contributed by atoms with van der Waals surface area (Å²) in [6.07, 6.45) is 10.7. The Morgan fingerprint density at radius 1 is 1.13 bits per heavy atom. The van der Waals surface area contributed by atoms with E-state index in [4.69, 9.17) is 0 Å². The molecule has 0 nitrogen and oxygen atoms in total. The van der Waals surface area contributed by atoms with E-state index in [-0.39, 0.29) is 0 Å². The first kappa shape index (κ1) is 14.1. The summed E-state index contributed by atoms with van der Waals surface area (Å²) in [5, 5.41) is 0. The van der Waals surface area contributed by atoms with Gasteiger partial charge in [0.15, 0.2) is 0 Å². The van der Waals surface area contributed by atoms with Gasteiger partial charge >= 0.3 is 0 Å². The molecule has 82 valence electrons. The molecule has 0 aromatic carbocycles. The Balaban J connectivity index is 4.48. The minimum atomic E-state index is 0.948. The van der Waals surface area contributed by atoms with E-state index in [2.05, 4.69) is 40.0 Å². The van der Waals surface area contributed by atoms with Gasteiger partial charge in [-0.2, -0.15) is 0 Å². The van der Waals surface area contributed by atoms with Gasteiger partial charge in [0.25, 0.3) is 0 Å². The molecule has 0 saturated carbocycles. The summed E-state index contributed by atoms with van der Waals surface area (Å²) >= 11 is 1.81. The van der Waals surface area contributed by atoms with Gasteiger partial charge in [0.05, 0.1) is 0 Å². The van der Waals surface area contributed by atoms with E-state index in [1.807, 2.05) is 30.0 Å². The molecule has 0 bridgehead atoms. The highest BCUT2D eigenvalue weighted by Gasteiger charge is 1.99. The topological polar surface area (TPSA) is 0 Å². The molecule has 0 saturated heterocycles. The highest BCUT2D eigenvalue weighted by molar-refractivity contribution is 8.06. The molecule has 0 spiro atoms. The normalized spacial score (nSPS) is 11.5. The first-order valence-corrected chi connectivity index (χ1v) is 5.84. The third kappa shape index (κ3) is 7.03. The van der Waals surface area contributed by atoms with Crippen molar-refractivity contribution < 1.29 is 0 Å². The maximum Gasteiger partial charge on any atom is -0.00372 e. The van der Waals surface area contributed by atoms with Crippen molar-refractivity contribution in [2.45, 2.75) is 27.2 Å². The quantitative estimate of drug-likeness (QED) is 0.436. The molecule has 0 rings (SSSR count). The Kier molecular flexibility index (Phi) is 7.84. The Hall–Kier alpha value is -0.950.